The number of hydrogen-bond acceptors (Lipinski definition) is 4. The maximum Gasteiger partial charge on any atom is 0.244 e. The van der Waals surface area contributed by atoms with Crippen molar-refractivity contribution in [2.75, 3.05) is 18.8 Å². The van der Waals surface area contributed by atoms with Crippen molar-refractivity contribution >= 4 is 37.7 Å². The Labute approximate surface area is 120 Å². The number of pyridine rings is 1. The van der Waals surface area contributed by atoms with E-state index in [0.717, 1.165) is 12.2 Å². The first kappa shape index (κ1) is 14.3. The Morgan fingerprint density at radius 1 is 1.56 bits per heavy atom. The van der Waals surface area contributed by atoms with Gasteiger partial charge in [-0.3, -0.25) is 4.98 Å². The molecule has 4 nitrogen and oxygen atoms in total. The number of aromatic nitrogens is 1. The van der Waals surface area contributed by atoms with Crippen molar-refractivity contribution in [2.24, 2.45) is 0 Å². The van der Waals surface area contributed by atoms with Gasteiger partial charge in [0.1, 0.15) is 4.90 Å². The van der Waals surface area contributed by atoms with Gasteiger partial charge in [0.05, 0.1) is 0 Å². The minimum Gasteiger partial charge on any atom is -0.262 e. The van der Waals surface area contributed by atoms with Gasteiger partial charge in [-0.15, -0.1) is 0 Å². The highest BCUT2D eigenvalue weighted by atomic mass is 79.9. The van der Waals surface area contributed by atoms with E-state index in [0.29, 0.717) is 22.8 Å². The maximum atomic E-state index is 12.5. The third-order valence-corrected chi connectivity index (χ3v) is 6.51. The van der Waals surface area contributed by atoms with Crippen LogP contribution in [-0.4, -0.2) is 41.8 Å². The van der Waals surface area contributed by atoms with E-state index in [9.17, 15) is 8.42 Å². The maximum absolute atomic E-state index is 12.5. The van der Waals surface area contributed by atoms with E-state index in [2.05, 4.69) is 27.8 Å². The van der Waals surface area contributed by atoms with Gasteiger partial charge in [0.15, 0.2) is 0 Å². The van der Waals surface area contributed by atoms with Crippen molar-refractivity contribution in [3.63, 3.8) is 0 Å². The van der Waals surface area contributed by atoms with E-state index in [4.69, 9.17) is 0 Å². The van der Waals surface area contributed by atoms with Crippen LogP contribution in [0.4, 0.5) is 0 Å². The molecule has 0 N–H and O–H groups in total. The van der Waals surface area contributed by atoms with Crippen LogP contribution in [0.25, 0.3) is 0 Å². The second kappa shape index (κ2) is 5.90. The first-order valence-electron chi connectivity index (χ1n) is 5.76. The normalized spacial score (nSPS) is 22.0. The number of nitrogens with zero attached hydrogens (tertiary/aromatic N) is 2. The Morgan fingerprint density at radius 2 is 2.33 bits per heavy atom. The molecule has 0 spiro atoms. The van der Waals surface area contributed by atoms with Crippen LogP contribution in [0.2, 0.25) is 0 Å². The largest absolute Gasteiger partial charge is 0.262 e. The zero-order valence-corrected chi connectivity index (χ0v) is 13.3. The Morgan fingerprint density at radius 3 is 3.00 bits per heavy atom. The molecule has 7 heteroatoms. The summed E-state index contributed by atoms with van der Waals surface area (Å²) in [6.07, 6.45) is 3.98. The van der Waals surface area contributed by atoms with Gasteiger partial charge < -0.3 is 0 Å². The van der Waals surface area contributed by atoms with Crippen LogP contribution in [0.15, 0.2) is 27.8 Å². The van der Waals surface area contributed by atoms with E-state index in [1.807, 2.05) is 11.8 Å². The van der Waals surface area contributed by atoms with Crippen molar-refractivity contribution in [1.82, 2.24) is 9.29 Å². The fraction of sp³-hybridized carbons (Fsp3) is 0.545. The molecule has 1 aromatic rings. The topological polar surface area (TPSA) is 50.3 Å². The summed E-state index contributed by atoms with van der Waals surface area (Å²) in [7, 11) is -3.40. The standard InChI is InChI=1S/C11H15BrN2O2S2/c1-2-10-8-14(3-4-17-10)18(15,16)11-5-9(12)6-13-7-11/h5-7,10H,2-4,8H2,1H3. The fourth-order valence-electron chi connectivity index (χ4n) is 1.84. The summed E-state index contributed by atoms with van der Waals surface area (Å²) in [4.78, 5) is 4.19. The first-order chi connectivity index (χ1) is 8.54. The molecule has 0 saturated carbocycles. The quantitative estimate of drug-likeness (QED) is 0.839. The lowest BCUT2D eigenvalue weighted by Crippen LogP contribution is -2.41. The summed E-state index contributed by atoms with van der Waals surface area (Å²) in [6.45, 7) is 3.26. The van der Waals surface area contributed by atoms with Crippen LogP contribution in [0.3, 0.4) is 0 Å². The van der Waals surface area contributed by atoms with Crippen molar-refractivity contribution in [3.05, 3.63) is 22.9 Å². The summed E-state index contributed by atoms with van der Waals surface area (Å²) in [5.74, 6) is 0.860. The predicted octanol–water partition coefficient (Wildman–Crippen LogP) is 2.36. The molecule has 1 saturated heterocycles. The molecule has 1 aromatic heterocycles. The molecule has 2 heterocycles. The van der Waals surface area contributed by atoms with Crippen molar-refractivity contribution < 1.29 is 8.42 Å². The van der Waals surface area contributed by atoms with E-state index in [1.54, 1.807) is 16.6 Å². The molecule has 1 unspecified atom stereocenters. The SMILES string of the molecule is CCC1CN(S(=O)(=O)c2cncc(Br)c2)CCS1. The molecule has 0 aromatic carbocycles. The van der Waals surface area contributed by atoms with Gasteiger partial charge >= 0.3 is 0 Å². The van der Waals surface area contributed by atoms with E-state index >= 15 is 0 Å². The van der Waals surface area contributed by atoms with Gasteiger partial charge in [-0.05, 0) is 28.4 Å². The molecule has 100 valence electrons. The number of thioether (sulfide) groups is 1. The summed E-state index contributed by atoms with van der Waals surface area (Å²) < 4.78 is 27.2. The molecule has 0 radical (unpaired) electrons. The highest BCUT2D eigenvalue weighted by Crippen LogP contribution is 2.26. The van der Waals surface area contributed by atoms with E-state index in [1.165, 1.54) is 6.20 Å². The third-order valence-electron chi connectivity index (χ3n) is 2.87. The average molecular weight is 351 g/mol. The molecule has 18 heavy (non-hydrogen) atoms. The molecule has 1 aliphatic rings. The number of sulfonamides is 1. The monoisotopic (exact) mass is 350 g/mol. The molecule has 1 fully saturated rings. The zero-order chi connectivity index (χ0) is 13.2. The molecule has 0 amide bonds. The predicted molar refractivity (Wildman–Crippen MR) is 77.2 cm³/mol. The molecule has 1 atom stereocenters. The van der Waals surface area contributed by atoms with E-state index < -0.39 is 10.0 Å². The van der Waals surface area contributed by atoms with Crippen LogP contribution in [0.5, 0.6) is 0 Å². The minimum absolute atomic E-state index is 0.263. The van der Waals surface area contributed by atoms with E-state index in [-0.39, 0.29) is 4.90 Å². The lowest BCUT2D eigenvalue weighted by atomic mass is 10.3. The van der Waals surface area contributed by atoms with Gasteiger partial charge in [0.2, 0.25) is 10.0 Å². The smallest absolute Gasteiger partial charge is 0.244 e. The highest BCUT2D eigenvalue weighted by molar-refractivity contribution is 9.10. The van der Waals surface area contributed by atoms with Crippen molar-refractivity contribution in [1.29, 1.82) is 0 Å². The molecule has 1 aliphatic heterocycles. The molecular weight excluding hydrogens is 336 g/mol. The Kier molecular flexibility index (Phi) is 4.69. The van der Waals surface area contributed by atoms with Gasteiger partial charge in [0, 0.05) is 41.0 Å². The third kappa shape index (κ3) is 3.07. The fourth-order valence-corrected chi connectivity index (χ4v) is 5.22. The van der Waals surface area contributed by atoms with Crippen LogP contribution < -0.4 is 0 Å². The number of halogens is 1. The second-order valence-corrected chi connectivity index (χ2v) is 8.36. The lowest BCUT2D eigenvalue weighted by molar-refractivity contribution is 0.416. The number of hydrogen-bond donors (Lipinski definition) is 0. The summed E-state index contributed by atoms with van der Waals surface area (Å²) in [6, 6.07) is 1.60. The van der Waals surface area contributed by atoms with Crippen molar-refractivity contribution in [3.8, 4) is 0 Å². The Bertz CT molecular complexity index is 522. The highest BCUT2D eigenvalue weighted by Gasteiger charge is 2.30. The molecular formula is C11H15BrN2O2S2. The van der Waals surface area contributed by atoms with Crippen LogP contribution in [-0.2, 0) is 10.0 Å². The average Bonchev–Trinajstić information content (AvgIpc) is 2.39. The first-order valence-corrected chi connectivity index (χ1v) is 9.04. The minimum atomic E-state index is -3.40. The summed E-state index contributed by atoms with van der Waals surface area (Å²) in [5.41, 5.74) is 0. The van der Waals surface area contributed by atoms with Crippen LogP contribution in [0.1, 0.15) is 13.3 Å². The zero-order valence-electron chi connectivity index (χ0n) is 10.0. The molecule has 2 rings (SSSR count). The van der Waals surface area contributed by atoms with Crippen LogP contribution in [0, 0.1) is 0 Å². The van der Waals surface area contributed by atoms with Gasteiger partial charge in [0.25, 0.3) is 0 Å². The van der Waals surface area contributed by atoms with Crippen molar-refractivity contribution in [2.45, 2.75) is 23.5 Å². The number of rotatable bonds is 3. The molecule has 0 bridgehead atoms. The lowest BCUT2D eigenvalue weighted by Gasteiger charge is -2.30. The summed E-state index contributed by atoms with van der Waals surface area (Å²) >= 11 is 5.10. The Balaban J connectivity index is 2.25. The molecule has 0 aliphatic carbocycles. The second-order valence-electron chi connectivity index (χ2n) is 4.10. The van der Waals surface area contributed by atoms with Gasteiger partial charge in [-0.2, -0.15) is 16.1 Å². The van der Waals surface area contributed by atoms with Crippen LogP contribution >= 0.6 is 27.7 Å². The Hall–Kier alpha value is -0.110. The summed E-state index contributed by atoms with van der Waals surface area (Å²) in [5, 5.41) is 0.397. The van der Waals surface area contributed by atoms with Gasteiger partial charge in [-0.1, -0.05) is 6.92 Å². The van der Waals surface area contributed by atoms with Gasteiger partial charge in [-0.25, -0.2) is 8.42 Å².